The summed E-state index contributed by atoms with van der Waals surface area (Å²) >= 11 is 0. The molecule has 0 unspecified atom stereocenters. The second kappa shape index (κ2) is 3.69. The van der Waals surface area contributed by atoms with Crippen LogP contribution in [0.4, 0.5) is 14.5 Å². The van der Waals surface area contributed by atoms with Crippen LogP contribution in [0, 0.1) is 17.7 Å². The monoisotopic (exact) mass is 204 g/mol. The lowest BCUT2D eigenvalue weighted by Gasteiger charge is -2.02. The molecule has 0 saturated heterocycles. The molecule has 0 aliphatic rings. The van der Waals surface area contributed by atoms with Crippen LogP contribution in [-0.4, -0.2) is 0 Å². The number of hydrogen-bond donors (Lipinski definition) is 1. The van der Waals surface area contributed by atoms with E-state index in [2.05, 4.69) is 6.07 Å². The van der Waals surface area contributed by atoms with Crippen LogP contribution < -0.4 is 5.73 Å². The zero-order chi connectivity index (χ0) is 10.8. The van der Waals surface area contributed by atoms with Crippen molar-refractivity contribution in [3.8, 4) is 11.1 Å². The third-order valence-corrected chi connectivity index (χ3v) is 2.08. The van der Waals surface area contributed by atoms with Crippen molar-refractivity contribution in [1.82, 2.24) is 0 Å². The molecule has 2 aromatic rings. The van der Waals surface area contributed by atoms with Crippen molar-refractivity contribution >= 4 is 5.69 Å². The summed E-state index contributed by atoms with van der Waals surface area (Å²) in [5, 5.41) is 0. The van der Waals surface area contributed by atoms with E-state index in [0.29, 0.717) is 11.1 Å². The smallest absolute Gasteiger partial charge is 0.154 e. The number of nitrogen functional groups attached to an aromatic ring is 1. The first-order valence-electron chi connectivity index (χ1n) is 4.40. The number of nitrogens with two attached hydrogens (primary N) is 1. The fraction of sp³-hybridized carbons (Fsp3) is 0. The highest BCUT2D eigenvalue weighted by atomic mass is 19.1. The minimum Gasteiger partial charge on any atom is -0.396 e. The van der Waals surface area contributed by atoms with Gasteiger partial charge in [-0.3, -0.25) is 0 Å². The Hall–Kier alpha value is -1.90. The van der Waals surface area contributed by atoms with Gasteiger partial charge in [0.05, 0.1) is 5.69 Å². The van der Waals surface area contributed by atoms with Gasteiger partial charge in [0.15, 0.2) is 5.82 Å². The lowest BCUT2D eigenvalue weighted by molar-refractivity contribution is 0.628. The van der Waals surface area contributed by atoms with Crippen LogP contribution >= 0.6 is 0 Å². The first kappa shape index (κ1) is 9.65. The molecule has 2 aromatic carbocycles. The molecule has 0 heterocycles. The Bertz CT molecular complexity index is 477. The molecule has 0 fully saturated rings. The summed E-state index contributed by atoms with van der Waals surface area (Å²) in [4.78, 5) is 0. The van der Waals surface area contributed by atoms with Crippen LogP contribution in [-0.2, 0) is 0 Å². The van der Waals surface area contributed by atoms with Crippen molar-refractivity contribution in [2.45, 2.75) is 0 Å². The molecule has 1 nitrogen and oxygen atoms in total. The summed E-state index contributed by atoms with van der Waals surface area (Å²) in [6.45, 7) is 0. The van der Waals surface area contributed by atoms with Crippen LogP contribution in [0.15, 0.2) is 36.4 Å². The van der Waals surface area contributed by atoms with Gasteiger partial charge < -0.3 is 5.73 Å². The van der Waals surface area contributed by atoms with Crippen LogP contribution in [0.2, 0.25) is 0 Å². The van der Waals surface area contributed by atoms with Crippen LogP contribution in [0.5, 0.6) is 0 Å². The summed E-state index contributed by atoms with van der Waals surface area (Å²) in [5.41, 5.74) is 6.64. The summed E-state index contributed by atoms with van der Waals surface area (Å²) < 4.78 is 25.7. The van der Waals surface area contributed by atoms with E-state index >= 15 is 0 Å². The Morgan fingerprint density at radius 2 is 1.60 bits per heavy atom. The van der Waals surface area contributed by atoms with Crippen molar-refractivity contribution in [2.75, 3.05) is 5.73 Å². The molecular weight excluding hydrogens is 196 g/mol. The minimum atomic E-state index is -0.586. The molecule has 0 aliphatic carbocycles. The van der Waals surface area contributed by atoms with E-state index in [0.717, 1.165) is 0 Å². The highest BCUT2D eigenvalue weighted by Crippen LogP contribution is 2.22. The van der Waals surface area contributed by atoms with Gasteiger partial charge in [0.1, 0.15) is 5.82 Å². The maximum Gasteiger partial charge on any atom is 0.154 e. The van der Waals surface area contributed by atoms with E-state index in [4.69, 9.17) is 5.73 Å². The molecule has 0 aliphatic heterocycles. The van der Waals surface area contributed by atoms with E-state index in [1.807, 2.05) is 0 Å². The number of rotatable bonds is 1. The molecule has 0 amide bonds. The number of anilines is 1. The number of hydrogen-bond acceptors (Lipinski definition) is 1. The maximum atomic E-state index is 13.1. The molecular formula is C12H8F2N. The third-order valence-electron chi connectivity index (χ3n) is 2.08. The van der Waals surface area contributed by atoms with Gasteiger partial charge in [0.2, 0.25) is 0 Å². The standard InChI is InChI=1S/C12H8F2N/c13-10-4-1-8(2-5-10)9-3-6-12(15)11(14)7-9/h1-6H,15H2. The maximum absolute atomic E-state index is 13.1. The molecule has 3 heteroatoms. The van der Waals surface area contributed by atoms with E-state index in [-0.39, 0.29) is 11.5 Å². The lowest BCUT2D eigenvalue weighted by Crippen LogP contribution is -1.91. The SMILES string of the molecule is Nc1ccc(-c2ccc(F)cc2)[c]c1F. The molecule has 0 atom stereocenters. The third kappa shape index (κ3) is 1.96. The van der Waals surface area contributed by atoms with E-state index in [1.165, 1.54) is 18.2 Å². The van der Waals surface area contributed by atoms with Crippen molar-refractivity contribution < 1.29 is 8.78 Å². The summed E-state index contributed by atoms with van der Waals surface area (Å²) in [6, 6.07) is 11.4. The quantitative estimate of drug-likeness (QED) is 0.710. The van der Waals surface area contributed by atoms with Gasteiger partial charge in [0.25, 0.3) is 0 Å². The Morgan fingerprint density at radius 3 is 2.20 bits per heavy atom. The van der Waals surface area contributed by atoms with Crippen molar-refractivity contribution in [3.63, 3.8) is 0 Å². The molecule has 75 valence electrons. The molecule has 0 saturated carbocycles. The predicted octanol–water partition coefficient (Wildman–Crippen LogP) is 3.01. The zero-order valence-electron chi connectivity index (χ0n) is 7.80. The molecule has 15 heavy (non-hydrogen) atoms. The topological polar surface area (TPSA) is 26.0 Å². The highest BCUT2D eigenvalue weighted by molar-refractivity contribution is 5.65. The van der Waals surface area contributed by atoms with Gasteiger partial charge in [-0.15, -0.1) is 0 Å². The fourth-order valence-corrected chi connectivity index (χ4v) is 1.28. The first-order valence-corrected chi connectivity index (χ1v) is 4.40. The second-order valence-electron chi connectivity index (χ2n) is 3.15. The van der Waals surface area contributed by atoms with Crippen LogP contribution in [0.25, 0.3) is 11.1 Å². The predicted molar refractivity (Wildman–Crippen MR) is 55.0 cm³/mol. The Labute approximate surface area is 86.2 Å². The molecule has 0 spiro atoms. The Balaban J connectivity index is 2.45. The average molecular weight is 204 g/mol. The van der Waals surface area contributed by atoms with E-state index in [1.54, 1.807) is 18.2 Å². The van der Waals surface area contributed by atoms with Gasteiger partial charge in [-0.25, -0.2) is 8.78 Å². The Kier molecular flexibility index (Phi) is 2.37. The zero-order valence-corrected chi connectivity index (χ0v) is 7.80. The van der Waals surface area contributed by atoms with E-state index < -0.39 is 5.82 Å². The number of halogens is 2. The molecule has 0 bridgehead atoms. The largest absolute Gasteiger partial charge is 0.396 e. The summed E-state index contributed by atoms with van der Waals surface area (Å²) in [5.74, 6) is -0.911. The molecule has 0 aromatic heterocycles. The van der Waals surface area contributed by atoms with Gasteiger partial charge in [0, 0.05) is 6.07 Å². The first-order chi connectivity index (χ1) is 7.16. The minimum absolute atomic E-state index is 0.0564. The van der Waals surface area contributed by atoms with Gasteiger partial charge in [-0.2, -0.15) is 0 Å². The number of benzene rings is 2. The Morgan fingerprint density at radius 1 is 0.933 bits per heavy atom. The van der Waals surface area contributed by atoms with Crippen LogP contribution in [0.3, 0.4) is 0 Å². The lowest BCUT2D eigenvalue weighted by atomic mass is 10.1. The summed E-state index contributed by atoms with van der Waals surface area (Å²) in [6.07, 6.45) is 0. The van der Waals surface area contributed by atoms with Gasteiger partial charge in [-0.05, 0) is 29.3 Å². The van der Waals surface area contributed by atoms with Crippen LogP contribution in [0.1, 0.15) is 0 Å². The van der Waals surface area contributed by atoms with Gasteiger partial charge >= 0.3 is 0 Å². The average Bonchev–Trinajstić information content (AvgIpc) is 2.23. The highest BCUT2D eigenvalue weighted by Gasteiger charge is 2.03. The van der Waals surface area contributed by atoms with Crippen molar-refractivity contribution in [3.05, 3.63) is 54.1 Å². The second-order valence-corrected chi connectivity index (χ2v) is 3.15. The summed E-state index contributed by atoms with van der Waals surface area (Å²) in [7, 11) is 0. The molecule has 2 rings (SSSR count). The van der Waals surface area contributed by atoms with Gasteiger partial charge in [-0.1, -0.05) is 18.2 Å². The normalized spacial score (nSPS) is 10.3. The molecule has 2 N–H and O–H groups in total. The van der Waals surface area contributed by atoms with Crippen molar-refractivity contribution in [2.24, 2.45) is 0 Å². The van der Waals surface area contributed by atoms with Crippen molar-refractivity contribution in [1.29, 1.82) is 0 Å². The molecule has 1 radical (unpaired) electrons. The fourth-order valence-electron chi connectivity index (χ4n) is 1.28. The van der Waals surface area contributed by atoms with E-state index in [9.17, 15) is 8.78 Å².